The van der Waals surface area contributed by atoms with Crippen LogP contribution in [0.1, 0.15) is 106 Å². The van der Waals surface area contributed by atoms with Crippen LogP contribution in [0, 0.1) is 0 Å². The number of aromatic nitrogens is 1. The van der Waals surface area contributed by atoms with Crippen molar-refractivity contribution < 1.29 is 33.4 Å². The molecule has 1 aromatic heterocycles. The Morgan fingerprint density at radius 2 is 1.57 bits per heavy atom. The number of fused-ring (bicyclic) bond motifs is 1. The highest BCUT2D eigenvalue weighted by Crippen LogP contribution is 2.48. The molecule has 0 saturated carbocycles. The van der Waals surface area contributed by atoms with E-state index in [1.165, 1.54) is 10.6 Å². The van der Waals surface area contributed by atoms with E-state index in [1.807, 2.05) is 59.5 Å². The van der Waals surface area contributed by atoms with E-state index in [2.05, 4.69) is 16.0 Å². The van der Waals surface area contributed by atoms with Gasteiger partial charge in [-0.3, -0.25) is 19.2 Å². The highest BCUT2D eigenvalue weighted by Gasteiger charge is 2.49. The summed E-state index contributed by atoms with van der Waals surface area (Å²) in [6.45, 7) is 8.46. The van der Waals surface area contributed by atoms with Crippen LogP contribution in [0.5, 0.6) is 0 Å². The fourth-order valence-electron chi connectivity index (χ4n) is 7.74. The molecule has 2 heterocycles. The van der Waals surface area contributed by atoms with Gasteiger partial charge in [-0.05, 0) is 101 Å². The summed E-state index contributed by atoms with van der Waals surface area (Å²) in [5, 5.41) is 8.75. The third-order valence-electron chi connectivity index (χ3n) is 10.5. The first-order valence-corrected chi connectivity index (χ1v) is 19.6. The minimum atomic E-state index is -1.19. The Morgan fingerprint density at radius 3 is 2.24 bits per heavy atom. The first-order valence-electron chi connectivity index (χ1n) is 19.6. The Kier molecular flexibility index (Phi) is 17.5. The summed E-state index contributed by atoms with van der Waals surface area (Å²) in [5.74, 6) is -1.84. The zero-order valence-electron chi connectivity index (χ0n) is 34.1. The number of amides is 4. The number of hydrogen-bond acceptors (Lipinski definition) is 8. The molecule has 5 rings (SSSR count). The standard InChI is InChI=1S/C43H55N5O8.2H2S/c1-6-55-39(52)35(20-12-13-25-44-41(54)56-42(2,3)4)46-40(53)43(29-15-8-7-9-16-29)24-21-32(31-17-10-11-19-34(31)43)38(51)48-27-22-30(23-28-48)45-36(49)33-18-14-26-47(5)37(33)50;;/h7-11,14-19,26,30,32,35H,6,12-13,20-25,27-28H2,1-5H3,(H,44,54)(H,45,49)(H,46,53);2*1H2/t32-,35-,43+;;/m0../s1. The number of unbranched alkanes of at least 4 members (excludes halogenated alkanes) is 1. The highest BCUT2D eigenvalue weighted by atomic mass is 32.1. The van der Waals surface area contributed by atoms with Gasteiger partial charge in [0.1, 0.15) is 17.2 Å². The number of likely N-dealkylation sites (tertiary alicyclic amines) is 1. The number of rotatable bonds is 13. The molecule has 3 N–H and O–H groups in total. The summed E-state index contributed by atoms with van der Waals surface area (Å²) >= 11 is 0. The van der Waals surface area contributed by atoms with Gasteiger partial charge in [-0.2, -0.15) is 27.0 Å². The Morgan fingerprint density at radius 1 is 0.897 bits per heavy atom. The van der Waals surface area contributed by atoms with Crippen LogP contribution in [-0.4, -0.2) is 83.2 Å². The molecule has 4 amide bonds. The first-order chi connectivity index (χ1) is 26.7. The van der Waals surface area contributed by atoms with Gasteiger partial charge in [-0.25, -0.2) is 9.59 Å². The quantitative estimate of drug-likeness (QED) is 0.161. The Labute approximate surface area is 354 Å². The van der Waals surface area contributed by atoms with E-state index in [0.29, 0.717) is 70.1 Å². The number of carbonyl (C=O) groups is 5. The van der Waals surface area contributed by atoms with Crippen molar-refractivity contribution in [2.24, 2.45) is 7.05 Å². The van der Waals surface area contributed by atoms with E-state index in [9.17, 15) is 28.8 Å². The second kappa shape index (κ2) is 21.3. The Balaban J connectivity index is 0.00000450. The molecule has 3 aromatic rings. The first kappa shape index (κ1) is 47.6. The molecule has 1 aliphatic carbocycles. The molecule has 0 unspecified atom stereocenters. The van der Waals surface area contributed by atoms with Crippen molar-refractivity contribution in [1.29, 1.82) is 0 Å². The van der Waals surface area contributed by atoms with Crippen LogP contribution in [0.3, 0.4) is 0 Å². The molecular formula is C43H59N5O8S2. The highest BCUT2D eigenvalue weighted by molar-refractivity contribution is 7.59. The number of alkyl carbamates (subject to hydrolysis) is 1. The second-order valence-corrected chi connectivity index (χ2v) is 15.6. The number of piperidine rings is 1. The number of aryl methyl sites for hydroxylation is 1. The molecule has 2 aromatic carbocycles. The average Bonchev–Trinajstić information content (AvgIpc) is 3.17. The normalized spacial score (nSPS) is 18.2. The maximum Gasteiger partial charge on any atom is 0.407 e. The van der Waals surface area contributed by atoms with Gasteiger partial charge in [-0.1, -0.05) is 54.6 Å². The van der Waals surface area contributed by atoms with Crippen molar-refractivity contribution in [3.63, 3.8) is 0 Å². The van der Waals surface area contributed by atoms with E-state index in [0.717, 1.165) is 11.1 Å². The summed E-state index contributed by atoms with van der Waals surface area (Å²) in [5.41, 5.74) is 0.138. The van der Waals surface area contributed by atoms with Gasteiger partial charge in [0.25, 0.3) is 11.5 Å². The van der Waals surface area contributed by atoms with Crippen LogP contribution >= 0.6 is 27.0 Å². The zero-order valence-corrected chi connectivity index (χ0v) is 36.1. The van der Waals surface area contributed by atoms with Gasteiger partial charge in [0.15, 0.2) is 0 Å². The largest absolute Gasteiger partial charge is 0.464 e. The number of benzene rings is 2. The van der Waals surface area contributed by atoms with E-state index < -0.39 is 40.9 Å². The molecule has 1 fully saturated rings. The molecular weight excluding hydrogens is 779 g/mol. The van der Waals surface area contributed by atoms with Crippen molar-refractivity contribution in [2.45, 2.75) is 102 Å². The summed E-state index contributed by atoms with van der Waals surface area (Å²) in [7, 11) is 1.60. The number of nitrogens with one attached hydrogen (secondary N) is 3. The average molecular weight is 838 g/mol. The van der Waals surface area contributed by atoms with Gasteiger partial charge in [0, 0.05) is 38.9 Å². The van der Waals surface area contributed by atoms with Crippen molar-refractivity contribution in [2.75, 3.05) is 26.2 Å². The smallest absolute Gasteiger partial charge is 0.407 e. The van der Waals surface area contributed by atoms with Crippen LogP contribution in [0.15, 0.2) is 77.7 Å². The molecule has 0 radical (unpaired) electrons. The van der Waals surface area contributed by atoms with Crippen molar-refractivity contribution in [3.05, 3.63) is 106 Å². The molecule has 2 aliphatic rings. The van der Waals surface area contributed by atoms with Crippen molar-refractivity contribution in [3.8, 4) is 0 Å². The zero-order chi connectivity index (χ0) is 40.5. The third kappa shape index (κ3) is 11.5. The third-order valence-corrected chi connectivity index (χ3v) is 10.5. The minimum Gasteiger partial charge on any atom is -0.464 e. The van der Waals surface area contributed by atoms with E-state index >= 15 is 0 Å². The number of ether oxygens (including phenoxy) is 2. The van der Waals surface area contributed by atoms with Crippen molar-refractivity contribution in [1.82, 2.24) is 25.4 Å². The van der Waals surface area contributed by atoms with Crippen molar-refractivity contribution >= 4 is 56.8 Å². The number of esters is 1. The van der Waals surface area contributed by atoms with Crippen LogP contribution in [-0.2, 0) is 36.3 Å². The maximum absolute atomic E-state index is 14.8. The van der Waals surface area contributed by atoms with Gasteiger partial charge in [0.2, 0.25) is 11.8 Å². The van der Waals surface area contributed by atoms with Gasteiger partial charge in [0.05, 0.1) is 17.9 Å². The number of pyridine rings is 1. The van der Waals surface area contributed by atoms with E-state index in [1.54, 1.807) is 47.0 Å². The Bertz CT molecular complexity index is 1940. The molecule has 58 heavy (non-hydrogen) atoms. The monoisotopic (exact) mass is 837 g/mol. The SMILES string of the molecule is CCOC(=O)[C@H](CCCCNC(=O)OC(C)(C)C)NC(=O)[C@@]1(c2ccccc2)CC[C@H](C(=O)N2CCC(NC(=O)c3cccn(C)c3=O)CC2)c2ccccc21.S.S. The fraction of sp³-hybridized carbons (Fsp3) is 0.488. The van der Waals surface area contributed by atoms with Gasteiger partial charge < -0.3 is 34.9 Å². The lowest BCUT2D eigenvalue weighted by molar-refractivity contribution is -0.148. The minimum absolute atomic E-state index is 0. The molecule has 0 bridgehead atoms. The van der Waals surface area contributed by atoms with Crippen LogP contribution < -0.4 is 21.5 Å². The maximum atomic E-state index is 14.8. The second-order valence-electron chi connectivity index (χ2n) is 15.6. The predicted octanol–water partition coefficient (Wildman–Crippen LogP) is 4.94. The molecule has 1 saturated heterocycles. The summed E-state index contributed by atoms with van der Waals surface area (Å²) in [4.78, 5) is 81.7. The van der Waals surface area contributed by atoms with Crippen LogP contribution in [0.25, 0.3) is 0 Å². The van der Waals surface area contributed by atoms with Crippen LogP contribution in [0.4, 0.5) is 4.79 Å². The number of hydrogen-bond donors (Lipinski definition) is 3. The molecule has 15 heteroatoms. The van der Waals surface area contributed by atoms with Gasteiger partial charge >= 0.3 is 12.1 Å². The number of carbonyl (C=O) groups excluding carboxylic acids is 5. The van der Waals surface area contributed by atoms with E-state index in [4.69, 9.17) is 9.47 Å². The lowest BCUT2D eigenvalue weighted by Gasteiger charge is -2.43. The van der Waals surface area contributed by atoms with Gasteiger partial charge in [-0.15, -0.1) is 0 Å². The lowest BCUT2D eigenvalue weighted by Crippen LogP contribution is -2.54. The Hall–Kier alpha value is -4.76. The lowest BCUT2D eigenvalue weighted by atomic mass is 9.62. The summed E-state index contributed by atoms with van der Waals surface area (Å²) < 4.78 is 12.1. The molecule has 1 aliphatic heterocycles. The summed E-state index contributed by atoms with van der Waals surface area (Å²) in [6, 6.07) is 19.1. The fourth-order valence-corrected chi connectivity index (χ4v) is 7.74. The number of nitrogens with zero attached hydrogens (tertiary/aromatic N) is 2. The molecule has 13 nitrogen and oxygen atoms in total. The molecule has 0 spiro atoms. The molecule has 3 atom stereocenters. The van der Waals surface area contributed by atoms with E-state index in [-0.39, 0.29) is 62.6 Å². The summed E-state index contributed by atoms with van der Waals surface area (Å²) in [6.07, 6.45) is 4.26. The van der Waals surface area contributed by atoms with Crippen LogP contribution in [0.2, 0.25) is 0 Å². The topological polar surface area (TPSA) is 165 Å². The molecule has 316 valence electrons. The predicted molar refractivity (Wildman–Crippen MR) is 232 cm³/mol.